The zero-order chi connectivity index (χ0) is 15.2. The Morgan fingerprint density at radius 3 is 2.67 bits per heavy atom. The van der Waals surface area contributed by atoms with Crippen molar-refractivity contribution >= 4 is 5.91 Å². The van der Waals surface area contributed by atoms with E-state index in [1.165, 1.54) is 0 Å². The van der Waals surface area contributed by atoms with Crippen LogP contribution in [-0.4, -0.2) is 22.2 Å². The molecule has 1 aromatic carbocycles. The van der Waals surface area contributed by atoms with Crippen LogP contribution in [0.15, 0.2) is 30.5 Å². The molecule has 1 amide bonds. The number of benzene rings is 1. The molecule has 1 aromatic heterocycles. The first-order chi connectivity index (χ1) is 10.1. The zero-order valence-electron chi connectivity index (χ0n) is 12.2. The first kappa shape index (κ1) is 14.8. The number of nitrogens with zero attached hydrogens (tertiary/aromatic N) is 2. The number of nitrogens with one attached hydrogen (secondary N) is 1. The summed E-state index contributed by atoms with van der Waals surface area (Å²) < 4.78 is 1.68. The summed E-state index contributed by atoms with van der Waals surface area (Å²) in [5.41, 5.74) is 8.71. The molecule has 0 radical (unpaired) electrons. The summed E-state index contributed by atoms with van der Waals surface area (Å²) in [6, 6.07) is 7.72. The molecule has 1 heterocycles. The number of hydrogen-bond acceptors (Lipinski definition) is 3. The number of hydrogen-bond donors (Lipinski definition) is 2. The van der Waals surface area contributed by atoms with E-state index in [1.807, 2.05) is 38.2 Å². The van der Waals surface area contributed by atoms with Crippen LogP contribution < -0.4 is 11.1 Å². The summed E-state index contributed by atoms with van der Waals surface area (Å²) in [5.74, 6) is 5.64. The molecule has 0 atom stereocenters. The van der Waals surface area contributed by atoms with Gasteiger partial charge in [0, 0.05) is 24.8 Å². The van der Waals surface area contributed by atoms with Gasteiger partial charge >= 0.3 is 0 Å². The molecule has 21 heavy (non-hydrogen) atoms. The van der Waals surface area contributed by atoms with E-state index >= 15 is 0 Å². The molecule has 0 aliphatic carbocycles. The molecule has 108 valence electrons. The Kier molecular flexibility index (Phi) is 4.75. The average molecular weight is 282 g/mol. The molecular weight excluding hydrogens is 264 g/mol. The van der Waals surface area contributed by atoms with Crippen LogP contribution in [0.25, 0.3) is 0 Å². The number of carbonyl (C=O) groups is 1. The molecule has 3 N–H and O–H groups in total. The standard InChI is InChI=1S/C16H18N4O/c1-12-15(11-19-20(12)2)16(21)18-10-14-7-5-13(6-8-14)4-3-9-17/h5-8,11H,9-10,17H2,1-2H3,(H,18,21). The van der Waals surface area contributed by atoms with Gasteiger partial charge in [-0.25, -0.2) is 0 Å². The molecule has 5 heteroatoms. The van der Waals surface area contributed by atoms with Gasteiger partial charge in [-0.2, -0.15) is 5.10 Å². The normalized spacial score (nSPS) is 9.86. The number of carbonyl (C=O) groups excluding carboxylic acids is 1. The fraction of sp³-hybridized carbons (Fsp3) is 0.250. The van der Waals surface area contributed by atoms with E-state index in [4.69, 9.17) is 5.73 Å². The third kappa shape index (κ3) is 3.71. The second-order valence-electron chi connectivity index (χ2n) is 4.65. The fourth-order valence-electron chi connectivity index (χ4n) is 1.86. The van der Waals surface area contributed by atoms with Crippen LogP contribution in [0, 0.1) is 18.8 Å². The smallest absolute Gasteiger partial charge is 0.255 e. The fourth-order valence-corrected chi connectivity index (χ4v) is 1.86. The van der Waals surface area contributed by atoms with E-state index in [-0.39, 0.29) is 5.91 Å². The summed E-state index contributed by atoms with van der Waals surface area (Å²) in [5, 5.41) is 6.95. The Morgan fingerprint density at radius 2 is 2.10 bits per heavy atom. The first-order valence-corrected chi connectivity index (χ1v) is 6.66. The highest BCUT2D eigenvalue weighted by molar-refractivity contribution is 5.94. The number of nitrogens with two attached hydrogens (primary N) is 1. The maximum absolute atomic E-state index is 12.1. The second kappa shape index (κ2) is 6.73. The van der Waals surface area contributed by atoms with Crippen molar-refractivity contribution < 1.29 is 4.79 Å². The van der Waals surface area contributed by atoms with Gasteiger partial charge in [-0.1, -0.05) is 24.0 Å². The van der Waals surface area contributed by atoms with Gasteiger partial charge in [0.05, 0.1) is 18.3 Å². The predicted octanol–water partition coefficient (Wildman–Crippen LogP) is 0.969. The van der Waals surface area contributed by atoms with Crippen molar-refractivity contribution in [3.05, 3.63) is 52.8 Å². The zero-order valence-corrected chi connectivity index (χ0v) is 12.2. The monoisotopic (exact) mass is 282 g/mol. The highest BCUT2D eigenvalue weighted by Crippen LogP contribution is 2.07. The molecule has 0 aliphatic rings. The lowest BCUT2D eigenvalue weighted by Gasteiger charge is -2.05. The number of amides is 1. The maximum Gasteiger partial charge on any atom is 0.255 e. The van der Waals surface area contributed by atoms with Crippen molar-refractivity contribution in [2.75, 3.05) is 6.54 Å². The van der Waals surface area contributed by atoms with Gasteiger partial charge in [0.15, 0.2) is 0 Å². The number of rotatable bonds is 3. The van der Waals surface area contributed by atoms with E-state index in [9.17, 15) is 4.79 Å². The average Bonchev–Trinajstić information content (AvgIpc) is 2.83. The lowest BCUT2D eigenvalue weighted by molar-refractivity contribution is 0.0950. The van der Waals surface area contributed by atoms with Gasteiger partial charge in [0.2, 0.25) is 0 Å². The van der Waals surface area contributed by atoms with Gasteiger partial charge < -0.3 is 11.1 Å². The van der Waals surface area contributed by atoms with Crippen molar-refractivity contribution in [1.82, 2.24) is 15.1 Å². The van der Waals surface area contributed by atoms with E-state index in [0.717, 1.165) is 16.8 Å². The Labute approximate surface area is 124 Å². The molecule has 0 fully saturated rings. The van der Waals surface area contributed by atoms with Crippen LogP contribution in [0.5, 0.6) is 0 Å². The maximum atomic E-state index is 12.1. The molecule has 2 rings (SSSR count). The van der Waals surface area contributed by atoms with Gasteiger partial charge in [-0.15, -0.1) is 0 Å². The van der Waals surface area contributed by atoms with Crippen LogP contribution in [0.4, 0.5) is 0 Å². The minimum atomic E-state index is -0.118. The summed E-state index contributed by atoms with van der Waals surface area (Å²) in [7, 11) is 1.81. The summed E-state index contributed by atoms with van der Waals surface area (Å²) in [4.78, 5) is 12.1. The highest BCUT2D eigenvalue weighted by Gasteiger charge is 2.11. The lowest BCUT2D eigenvalue weighted by atomic mass is 10.1. The third-order valence-electron chi connectivity index (χ3n) is 3.22. The molecule has 2 aromatic rings. The molecule has 0 spiro atoms. The minimum Gasteiger partial charge on any atom is -0.348 e. The van der Waals surface area contributed by atoms with Crippen molar-refractivity contribution in [2.45, 2.75) is 13.5 Å². The summed E-state index contributed by atoms with van der Waals surface area (Å²) >= 11 is 0. The Bertz CT molecular complexity index is 689. The van der Waals surface area contributed by atoms with Gasteiger partial charge in [-0.05, 0) is 24.6 Å². The van der Waals surface area contributed by atoms with E-state index < -0.39 is 0 Å². The Balaban J connectivity index is 1.97. The minimum absolute atomic E-state index is 0.118. The van der Waals surface area contributed by atoms with Crippen LogP contribution >= 0.6 is 0 Å². The van der Waals surface area contributed by atoms with Crippen molar-refractivity contribution in [3.8, 4) is 11.8 Å². The van der Waals surface area contributed by atoms with Crippen molar-refractivity contribution in [3.63, 3.8) is 0 Å². The highest BCUT2D eigenvalue weighted by atomic mass is 16.1. The van der Waals surface area contributed by atoms with Crippen molar-refractivity contribution in [1.29, 1.82) is 0 Å². The van der Waals surface area contributed by atoms with Gasteiger partial charge in [-0.3, -0.25) is 9.48 Å². The molecule has 0 saturated carbocycles. The SMILES string of the molecule is Cc1c(C(=O)NCc2ccc(C#CCN)cc2)cnn1C. The number of aryl methyl sites for hydroxylation is 1. The van der Waals surface area contributed by atoms with Crippen LogP contribution in [0.3, 0.4) is 0 Å². The Morgan fingerprint density at radius 1 is 1.38 bits per heavy atom. The van der Waals surface area contributed by atoms with E-state index in [2.05, 4.69) is 22.3 Å². The van der Waals surface area contributed by atoms with Gasteiger partial charge in [0.25, 0.3) is 5.91 Å². The lowest BCUT2D eigenvalue weighted by Crippen LogP contribution is -2.23. The predicted molar refractivity (Wildman–Crippen MR) is 81.5 cm³/mol. The van der Waals surface area contributed by atoms with Crippen LogP contribution in [0.1, 0.15) is 27.2 Å². The molecule has 0 aliphatic heterocycles. The van der Waals surface area contributed by atoms with Crippen LogP contribution in [0.2, 0.25) is 0 Å². The molecule has 0 saturated heterocycles. The van der Waals surface area contributed by atoms with Crippen molar-refractivity contribution in [2.24, 2.45) is 12.8 Å². The summed E-state index contributed by atoms with van der Waals surface area (Å²) in [6.45, 7) is 2.69. The molecule has 0 unspecified atom stereocenters. The van der Waals surface area contributed by atoms with Gasteiger partial charge in [0.1, 0.15) is 0 Å². The van der Waals surface area contributed by atoms with E-state index in [0.29, 0.717) is 18.7 Å². The molecule has 0 bridgehead atoms. The topological polar surface area (TPSA) is 72.9 Å². The molecule has 5 nitrogen and oxygen atoms in total. The Hall–Kier alpha value is -2.58. The third-order valence-corrected chi connectivity index (χ3v) is 3.22. The quantitative estimate of drug-likeness (QED) is 0.824. The number of aromatic nitrogens is 2. The van der Waals surface area contributed by atoms with Crippen LogP contribution in [-0.2, 0) is 13.6 Å². The molecular formula is C16H18N4O. The van der Waals surface area contributed by atoms with E-state index in [1.54, 1.807) is 10.9 Å². The largest absolute Gasteiger partial charge is 0.348 e. The first-order valence-electron chi connectivity index (χ1n) is 6.66. The second-order valence-corrected chi connectivity index (χ2v) is 4.65. The summed E-state index contributed by atoms with van der Waals surface area (Å²) in [6.07, 6.45) is 1.58.